The number of benzene rings is 1. The third kappa shape index (κ3) is 2.08. The Morgan fingerprint density at radius 2 is 2.14 bits per heavy atom. The van der Waals surface area contributed by atoms with Crippen molar-refractivity contribution in [1.82, 2.24) is 0 Å². The van der Waals surface area contributed by atoms with Crippen LogP contribution in [0.3, 0.4) is 0 Å². The molecule has 1 N–H and O–H groups in total. The largest absolute Gasteiger partial charge is 0.504 e. The minimum Gasteiger partial charge on any atom is -0.504 e. The van der Waals surface area contributed by atoms with E-state index in [1.54, 1.807) is 6.07 Å². The summed E-state index contributed by atoms with van der Waals surface area (Å²) >= 11 is 0. The van der Waals surface area contributed by atoms with Crippen LogP contribution in [0.4, 0.5) is 0 Å². The van der Waals surface area contributed by atoms with E-state index < -0.39 is 6.10 Å². The minimum atomic E-state index is -0.443. The van der Waals surface area contributed by atoms with Gasteiger partial charge >= 0.3 is 0 Å². The smallest absolute Gasteiger partial charge is 0.204 e. The van der Waals surface area contributed by atoms with Gasteiger partial charge in [0, 0.05) is 11.6 Å². The first kappa shape index (κ1) is 13.4. The summed E-state index contributed by atoms with van der Waals surface area (Å²) in [6, 6.07) is 3.28. The summed E-state index contributed by atoms with van der Waals surface area (Å²) < 4.78 is 21.0. The number of Topliss-reactive ketones (excluding diaryl/α,β-unsaturated/α-hetero) is 1. The summed E-state index contributed by atoms with van der Waals surface area (Å²) in [5, 5.41) is 10.2. The molecule has 2 heterocycles. The topological polar surface area (TPSA) is 78.1 Å². The van der Waals surface area contributed by atoms with Gasteiger partial charge in [0.2, 0.25) is 5.75 Å². The quantitative estimate of drug-likeness (QED) is 0.936. The van der Waals surface area contributed by atoms with E-state index in [9.17, 15) is 9.90 Å². The maximum Gasteiger partial charge on any atom is 0.204 e. The number of phenolic OH excluding ortho intramolecular Hbond substituents is 1. The summed E-state index contributed by atoms with van der Waals surface area (Å²) in [7, 11) is 2.84. The SMILES string of the molecule is COc1cc2c(c(O)c1OC)C(=O)CC(c1ccoc1)O2. The highest BCUT2D eigenvalue weighted by molar-refractivity contribution is 6.03. The molecule has 0 bridgehead atoms. The lowest BCUT2D eigenvalue weighted by Gasteiger charge is -2.26. The van der Waals surface area contributed by atoms with E-state index in [0.717, 1.165) is 5.56 Å². The minimum absolute atomic E-state index is 0.118. The molecule has 6 nitrogen and oxygen atoms in total. The monoisotopic (exact) mass is 290 g/mol. The number of hydrogen-bond acceptors (Lipinski definition) is 6. The molecule has 1 aliphatic heterocycles. The Labute approximate surface area is 120 Å². The number of aromatic hydroxyl groups is 1. The van der Waals surface area contributed by atoms with Crippen LogP contribution in [-0.2, 0) is 0 Å². The molecule has 1 aromatic carbocycles. The second kappa shape index (κ2) is 5.05. The summed E-state index contributed by atoms with van der Waals surface area (Å²) in [6.07, 6.45) is 2.73. The molecular formula is C15H14O6. The second-order valence-corrected chi connectivity index (χ2v) is 4.62. The number of ether oxygens (including phenoxy) is 3. The Bertz CT molecular complexity index is 674. The Morgan fingerprint density at radius 1 is 1.33 bits per heavy atom. The van der Waals surface area contributed by atoms with Crippen LogP contribution in [-0.4, -0.2) is 25.1 Å². The molecule has 1 aromatic heterocycles. The third-order valence-electron chi connectivity index (χ3n) is 3.44. The number of carbonyl (C=O) groups excluding carboxylic acids is 1. The van der Waals surface area contributed by atoms with Crippen molar-refractivity contribution >= 4 is 5.78 Å². The summed E-state index contributed by atoms with van der Waals surface area (Å²) in [5.41, 5.74) is 0.885. The van der Waals surface area contributed by atoms with Crippen LogP contribution in [0.5, 0.6) is 23.0 Å². The van der Waals surface area contributed by atoms with Gasteiger partial charge in [0.25, 0.3) is 0 Å². The third-order valence-corrected chi connectivity index (χ3v) is 3.44. The van der Waals surface area contributed by atoms with Crippen molar-refractivity contribution in [3.63, 3.8) is 0 Å². The van der Waals surface area contributed by atoms with Crippen LogP contribution in [0.2, 0.25) is 0 Å². The fourth-order valence-electron chi connectivity index (χ4n) is 2.42. The van der Waals surface area contributed by atoms with Crippen molar-refractivity contribution in [1.29, 1.82) is 0 Å². The number of rotatable bonds is 3. The highest BCUT2D eigenvalue weighted by Gasteiger charge is 2.33. The summed E-state index contributed by atoms with van der Waals surface area (Å²) in [6.45, 7) is 0. The first-order valence-electron chi connectivity index (χ1n) is 6.35. The van der Waals surface area contributed by atoms with Crippen LogP contribution >= 0.6 is 0 Å². The second-order valence-electron chi connectivity index (χ2n) is 4.62. The molecule has 1 aliphatic rings. The van der Waals surface area contributed by atoms with E-state index in [-0.39, 0.29) is 35.0 Å². The zero-order valence-corrected chi connectivity index (χ0v) is 11.6. The Balaban J connectivity index is 2.08. The molecule has 21 heavy (non-hydrogen) atoms. The molecular weight excluding hydrogens is 276 g/mol. The molecule has 6 heteroatoms. The molecule has 0 fully saturated rings. The van der Waals surface area contributed by atoms with Crippen LogP contribution in [0.25, 0.3) is 0 Å². The zero-order valence-electron chi connectivity index (χ0n) is 11.6. The number of methoxy groups -OCH3 is 2. The molecule has 110 valence electrons. The highest BCUT2D eigenvalue weighted by Crippen LogP contribution is 2.48. The van der Waals surface area contributed by atoms with E-state index in [2.05, 4.69) is 0 Å². The maximum atomic E-state index is 12.3. The van der Waals surface area contributed by atoms with E-state index >= 15 is 0 Å². The van der Waals surface area contributed by atoms with Crippen LogP contribution in [0.1, 0.15) is 28.4 Å². The van der Waals surface area contributed by atoms with Gasteiger partial charge in [-0.1, -0.05) is 0 Å². The first-order valence-corrected chi connectivity index (χ1v) is 6.35. The van der Waals surface area contributed by atoms with Gasteiger partial charge in [0.05, 0.1) is 33.2 Å². The molecule has 1 atom stereocenters. The van der Waals surface area contributed by atoms with Crippen molar-refractivity contribution in [3.8, 4) is 23.0 Å². The first-order chi connectivity index (χ1) is 10.2. The van der Waals surface area contributed by atoms with Crippen molar-refractivity contribution < 1.29 is 28.5 Å². The van der Waals surface area contributed by atoms with Gasteiger partial charge in [-0.2, -0.15) is 0 Å². The van der Waals surface area contributed by atoms with Crippen molar-refractivity contribution in [2.75, 3.05) is 14.2 Å². The molecule has 0 aliphatic carbocycles. The Morgan fingerprint density at radius 3 is 2.76 bits per heavy atom. The van der Waals surface area contributed by atoms with Gasteiger partial charge in [-0.05, 0) is 6.07 Å². The van der Waals surface area contributed by atoms with E-state index in [0.29, 0.717) is 5.75 Å². The molecule has 1 unspecified atom stereocenters. The standard InChI is InChI=1S/C15H14O6/c1-18-12-6-11-13(14(17)15(12)19-2)9(16)5-10(21-11)8-3-4-20-7-8/h3-4,6-7,10,17H,5H2,1-2H3. The maximum absolute atomic E-state index is 12.3. The Kier molecular flexibility index (Phi) is 3.21. The van der Waals surface area contributed by atoms with E-state index in [1.807, 2.05) is 0 Å². The van der Waals surface area contributed by atoms with Gasteiger partial charge < -0.3 is 23.7 Å². The predicted molar refractivity (Wildman–Crippen MR) is 72.2 cm³/mol. The van der Waals surface area contributed by atoms with Crippen LogP contribution in [0.15, 0.2) is 29.1 Å². The molecule has 0 amide bonds. The van der Waals surface area contributed by atoms with Gasteiger partial charge in [-0.15, -0.1) is 0 Å². The van der Waals surface area contributed by atoms with Gasteiger partial charge in [-0.3, -0.25) is 4.79 Å². The summed E-state index contributed by atoms with van der Waals surface area (Å²) in [4.78, 5) is 12.3. The molecule has 3 rings (SSSR count). The molecule has 0 spiro atoms. The van der Waals surface area contributed by atoms with E-state index in [1.165, 1.54) is 32.8 Å². The number of ketones is 1. The zero-order chi connectivity index (χ0) is 15.0. The van der Waals surface area contributed by atoms with Gasteiger partial charge in [0.1, 0.15) is 17.4 Å². The Hall–Kier alpha value is -2.63. The number of fused-ring (bicyclic) bond motifs is 1. The fraction of sp³-hybridized carbons (Fsp3) is 0.267. The molecule has 0 saturated heterocycles. The number of hydrogen-bond donors (Lipinski definition) is 1. The molecule has 0 saturated carbocycles. The highest BCUT2D eigenvalue weighted by atomic mass is 16.5. The average molecular weight is 290 g/mol. The summed E-state index contributed by atoms with van der Waals surface area (Å²) in [5.74, 6) is 0.209. The van der Waals surface area contributed by atoms with Gasteiger partial charge in [-0.25, -0.2) is 0 Å². The lowest BCUT2D eigenvalue weighted by molar-refractivity contribution is 0.0842. The predicted octanol–water partition coefficient (Wildman–Crippen LogP) is 2.71. The number of furan rings is 1. The number of carbonyl (C=O) groups is 1. The van der Waals surface area contributed by atoms with Gasteiger partial charge in [0.15, 0.2) is 17.3 Å². The fourth-order valence-corrected chi connectivity index (χ4v) is 2.42. The number of phenols is 1. The lowest BCUT2D eigenvalue weighted by atomic mass is 9.96. The van der Waals surface area contributed by atoms with Crippen molar-refractivity contribution in [3.05, 3.63) is 35.8 Å². The van der Waals surface area contributed by atoms with Crippen molar-refractivity contribution in [2.45, 2.75) is 12.5 Å². The average Bonchev–Trinajstić information content (AvgIpc) is 3.00. The van der Waals surface area contributed by atoms with Crippen LogP contribution in [0, 0.1) is 0 Å². The molecule has 0 radical (unpaired) electrons. The normalized spacial score (nSPS) is 17.0. The van der Waals surface area contributed by atoms with E-state index in [4.69, 9.17) is 18.6 Å². The van der Waals surface area contributed by atoms with Crippen LogP contribution < -0.4 is 14.2 Å². The van der Waals surface area contributed by atoms with Crippen molar-refractivity contribution in [2.24, 2.45) is 0 Å². The molecule has 2 aromatic rings. The lowest BCUT2D eigenvalue weighted by Crippen LogP contribution is -2.20.